The van der Waals surface area contributed by atoms with E-state index in [1.807, 2.05) is 19.2 Å². The SMILES string of the molecule is COc1cccc(C(=O)NC(C)(C)c2nccs2)c1N. The van der Waals surface area contributed by atoms with Crippen molar-refractivity contribution < 1.29 is 9.53 Å². The molecule has 1 aromatic heterocycles. The fourth-order valence-corrected chi connectivity index (χ4v) is 2.57. The number of nitrogens with two attached hydrogens (primary N) is 1. The van der Waals surface area contributed by atoms with Gasteiger partial charge in [0.15, 0.2) is 0 Å². The minimum absolute atomic E-state index is 0.249. The molecule has 6 heteroatoms. The van der Waals surface area contributed by atoms with Crippen molar-refractivity contribution in [3.05, 3.63) is 40.3 Å². The lowest BCUT2D eigenvalue weighted by Crippen LogP contribution is -2.41. The molecule has 0 fully saturated rings. The van der Waals surface area contributed by atoms with E-state index in [1.54, 1.807) is 24.4 Å². The number of carbonyl (C=O) groups excluding carboxylic acids is 1. The standard InChI is InChI=1S/C14H17N3O2S/c1-14(2,13-16-7-8-20-13)17-12(18)9-5-4-6-10(19-3)11(9)15/h4-8H,15H2,1-3H3,(H,17,18). The van der Waals surface area contributed by atoms with Crippen LogP contribution in [0, 0.1) is 0 Å². The number of methoxy groups -OCH3 is 1. The molecule has 0 aliphatic heterocycles. The molecule has 2 aromatic rings. The molecule has 2 rings (SSSR count). The average Bonchev–Trinajstić information content (AvgIpc) is 2.93. The normalized spacial score (nSPS) is 11.2. The molecule has 0 unspecified atom stereocenters. The van der Waals surface area contributed by atoms with Crippen molar-refractivity contribution in [1.82, 2.24) is 10.3 Å². The van der Waals surface area contributed by atoms with E-state index < -0.39 is 5.54 Å². The van der Waals surface area contributed by atoms with Gasteiger partial charge in [-0.2, -0.15) is 0 Å². The van der Waals surface area contributed by atoms with Crippen LogP contribution in [0.1, 0.15) is 29.2 Å². The molecule has 0 radical (unpaired) electrons. The quantitative estimate of drug-likeness (QED) is 0.848. The van der Waals surface area contributed by atoms with Gasteiger partial charge in [0.05, 0.1) is 23.9 Å². The predicted octanol–water partition coefficient (Wildman–Crippen LogP) is 2.40. The lowest BCUT2D eigenvalue weighted by molar-refractivity contribution is 0.0912. The first-order chi connectivity index (χ1) is 9.45. The monoisotopic (exact) mass is 291 g/mol. The topological polar surface area (TPSA) is 77.2 Å². The number of anilines is 1. The molecule has 1 heterocycles. The number of nitrogens with one attached hydrogen (secondary N) is 1. The Bertz CT molecular complexity index is 609. The second-order valence-electron chi connectivity index (χ2n) is 4.84. The lowest BCUT2D eigenvalue weighted by atomic mass is 10.0. The van der Waals surface area contributed by atoms with Gasteiger partial charge in [-0.05, 0) is 26.0 Å². The van der Waals surface area contributed by atoms with E-state index in [-0.39, 0.29) is 5.91 Å². The van der Waals surface area contributed by atoms with E-state index in [9.17, 15) is 4.79 Å². The molecule has 1 amide bonds. The maximum atomic E-state index is 12.4. The van der Waals surface area contributed by atoms with Crippen LogP contribution in [0.5, 0.6) is 5.75 Å². The number of rotatable bonds is 4. The summed E-state index contributed by atoms with van der Waals surface area (Å²) in [6.45, 7) is 3.81. The first kappa shape index (κ1) is 14.3. The molecule has 0 bridgehead atoms. The number of ether oxygens (including phenoxy) is 1. The van der Waals surface area contributed by atoms with Crippen LogP contribution in [0.15, 0.2) is 29.8 Å². The average molecular weight is 291 g/mol. The van der Waals surface area contributed by atoms with Crippen LogP contribution in [-0.4, -0.2) is 18.0 Å². The van der Waals surface area contributed by atoms with Gasteiger partial charge >= 0.3 is 0 Å². The zero-order chi connectivity index (χ0) is 14.8. The van der Waals surface area contributed by atoms with Crippen LogP contribution in [-0.2, 0) is 5.54 Å². The van der Waals surface area contributed by atoms with Crippen LogP contribution in [0.4, 0.5) is 5.69 Å². The summed E-state index contributed by atoms with van der Waals surface area (Å²) in [6.07, 6.45) is 1.72. The predicted molar refractivity (Wildman–Crippen MR) is 80.0 cm³/mol. The number of benzene rings is 1. The zero-order valence-corrected chi connectivity index (χ0v) is 12.5. The Balaban J connectivity index is 2.25. The molecule has 0 saturated heterocycles. The number of carbonyl (C=O) groups is 1. The van der Waals surface area contributed by atoms with Gasteiger partial charge in [-0.3, -0.25) is 4.79 Å². The molecule has 1 aromatic carbocycles. The Morgan fingerprint density at radius 3 is 2.80 bits per heavy atom. The molecule has 3 N–H and O–H groups in total. The van der Waals surface area contributed by atoms with Crippen molar-refractivity contribution in [2.45, 2.75) is 19.4 Å². The summed E-state index contributed by atoms with van der Waals surface area (Å²) in [5.74, 6) is 0.242. The van der Waals surface area contributed by atoms with Gasteiger partial charge in [-0.1, -0.05) is 6.07 Å². The summed E-state index contributed by atoms with van der Waals surface area (Å²) in [5, 5.41) is 5.66. The Morgan fingerprint density at radius 2 is 2.20 bits per heavy atom. The number of nitrogen functional groups attached to an aromatic ring is 1. The molecular weight excluding hydrogens is 274 g/mol. The van der Waals surface area contributed by atoms with Gasteiger partial charge in [0.2, 0.25) is 0 Å². The largest absolute Gasteiger partial charge is 0.495 e. The third kappa shape index (κ3) is 2.75. The van der Waals surface area contributed by atoms with Crippen LogP contribution < -0.4 is 15.8 Å². The Labute approximate surface area is 121 Å². The van der Waals surface area contributed by atoms with E-state index in [1.165, 1.54) is 18.4 Å². The third-order valence-corrected chi connectivity index (χ3v) is 4.02. The van der Waals surface area contributed by atoms with E-state index in [0.717, 1.165) is 5.01 Å². The van der Waals surface area contributed by atoms with Gasteiger partial charge in [0.25, 0.3) is 5.91 Å². The molecule has 0 saturated carbocycles. The second kappa shape index (κ2) is 5.50. The van der Waals surface area contributed by atoms with Crippen LogP contribution in [0.2, 0.25) is 0 Å². The van der Waals surface area contributed by atoms with E-state index in [0.29, 0.717) is 17.0 Å². The minimum atomic E-state index is -0.555. The molecule has 5 nitrogen and oxygen atoms in total. The fourth-order valence-electron chi connectivity index (χ4n) is 1.86. The van der Waals surface area contributed by atoms with Crippen molar-refractivity contribution in [1.29, 1.82) is 0 Å². The number of para-hydroxylation sites is 1. The molecule has 0 spiro atoms. The van der Waals surface area contributed by atoms with Crippen LogP contribution in [0.25, 0.3) is 0 Å². The highest BCUT2D eigenvalue weighted by atomic mass is 32.1. The first-order valence-electron chi connectivity index (χ1n) is 6.10. The first-order valence-corrected chi connectivity index (χ1v) is 6.98. The maximum Gasteiger partial charge on any atom is 0.254 e. The van der Waals surface area contributed by atoms with E-state index in [4.69, 9.17) is 10.5 Å². The summed E-state index contributed by atoms with van der Waals surface area (Å²) >= 11 is 1.50. The second-order valence-corrected chi connectivity index (χ2v) is 5.73. The van der Waals surface area contributed by atoms with Gasteiger partial charge in [-0.25, -0.2) is 4.98 Å². The highest BCUT2D eigenvalue weighted by Crippen LogP contribution is 2.27. The molecular formula is C14H17N3O2S. The van der Waals surface area contributed by atoms with Gasteiger partial charge in [-0.15, -0.1) is 11.3 Å². The number of amides is 1. The summed E-state index contributed by atoms with van der Waals surface area (Å²) in [4.78, 5) is 16.6. The Morgan fingerprint density at radius 1 is 1.45 bits per heavy atom. The van der Waals surface area contributed by atoms with Gasteiger partial charge < -0.3 is 15.8 Å². The fraction of sp³-hybridized carbons (Fsp3) is 0.286. The van der Waals surface area contributed by atoms with Crippen LogP contribution in [0.3, 0.4) is 0 Å². The molecule has 106 valence electrons. The van der Waals surface area contributed by atoms with Crippen molar-refractivity contribution in [3.63, 3.8) is 0 Å². The van der Waals surface area contributed by atoms with Crippen molar-refractivity contribution >= 4 is 22.9 Å². The third-order valence-electron chi connectivity index (χ3n) is 2.92. The molecule has 0 aliphatic carbocycles. The summed E-state index contributed by atoms with van der Waals surface area (Å²) in [5.41, 5.74) is 6.11. The maximum absolute atomic E-state index is 12.4. The number of nitrogens with zero attached hydrogens (tertiary/aromatic N) is 1. The lowest BCUT2D eigenvalue weighted by Gasteiger charge is -2.24. The van der Waals surface area contributed by atoms with Gasteiger partial charge in [0.1, 0.15) is 10.8 Å². The summed E-state index contributed by atoms with van der Waals surface area (Å²) in [7, 11) is 1.52. The molecule has 0 aliphatic rings. The minimum Gasteiger partial charge on any atom is -0.495 e. The number of aromatic nitrogens is 1. The number of thiazole rings is 1. The van der Waals surface area contributed by atoms with Crippen molar-refractivity contribution in [2.75, 3.05) is 12.8 Å². The van der Waals surface area contributed by atoms with Crippen LogP contribution >= 0.6 is 11.3 Å². The summed E-state index contributed by atoms with van der Waals surface area (Å²) in [6, 6.07) is 5.13. The van der Waals surface area contributed by atoms with E-state index >= 15 is 0 Å². The highest BCUT2D eigenvalue weighted by Gasteiger charge is 2.27. The van der Waals surface area contributed by atoms with Crippen molar-refractivity contribution in [3.8, 4) is 5.75 Å². The Hall–Kier alpha value is -2.08. The zero-order valence-electron chi connectivity index (χ0n) is 11.6. The highest BCUT2D eigenvalue weighted by molar-refractivity contribution is 7.09. The molecule has 20 heavy (non-hydrogen) atoms. The smallest absolute Gasteiger partial charge is 0.254 e. The van der Waals surface area contributed by atoms with E-state index in [2.05, 4.69) is 10.3 Å². The molecule has 0 atom stereocenters. The number of hydrogen-bond acceptors (Lipinski definition) is 5. The number of hydrogen-bond donors (Lipinski definition) is 2. The van der Waals surface area contributed by atoms with Crippen molar-refractivity contribution in [2.24, 2.45) is 0 Å². The summed E-state index contributed by atoms with van der Waals surface area (Å²) < 4.78 is 5.12. The van der Waals surface area contributed by atoms with Gasteiger partial charge in [0, 0.05) is 11.6 Å². The Kier molecular flexibility index (Phi) is 3.94.